The molecule has 2 amide bonds. The number of hydrogen-bond acceptors (Lipinski definition) is 5. The van der Waals surface area contributed by atoms with E-state index < -0.39 is 12.2 Å². The first-order chi connectivity index (χ1) is 12.6. The second kappa shape index (κ2) is 6.23. The molecule has 2 aliphatic rings. The Bertz CT molecular complexity index is 863. The van der Waals surface area contributed by atoms with Crippen LogP contribution in [0.15, 0.2) is 47.3 Å². The van der Waals surface area contributed by atoms with Gasteiger partial charge in [-0.05, 0) is 36.6 Å². The molecule has 1 aliphatic carbocycles. The zero-order chi connectivity index (χ0) is 18.1. The standard InChI is InChI=1S/C19H17N3O4/c20-12-19(6-7-19)14-1-3-15(4-2-14)22-10-16(26-18(22)24)9-21-17(23)13-5-8-25-11-13/h1-5,8,11,16H,6-7,9-10H2,(H,21,23). The summed E-state index contributed by atoms with van der Waals surface area (Å²) in [5.74, 6) is -0.274. The van der Waals surface area contributed by atoms with Crippen LogP contribution in [0.25, 0.3) is 0 Å². The first kappa shape index (κ1) is 16.2. The smallest absolute Gasteiger partial charge is 0.414 e. The Morgan fingerprint density at radius 3 is 2.69 bits per heavy atom. The molecule has 1 aliphatic heterocycles. The number of nitrogens with one attached hydrogen (secondary N) is 1. The first-order valence-corrected chi connectivity index (χ1v) is 8.42. The van der Waals surface area contributed by atoms with Crippen molar-refractivity contribution in [2.75, 3.05) is 18.0 Å². The molecule has 1 saturated carbocycles. The lowest BCUT2D eigenvalue weighted by atomic mass is 9.97. The predicted octanol–water partition coefficient (Wildman–Crippen LogP) is 2.59. The molecule has 4 rings (SSSR count). The highest BCUT2D eigenvalue weighted by Crippen LogP contribution is 2.47. The quantitative estimate of drug-likeness (QED) is 0.893. The monoisotopic (exact) mass is 351 g/mol. The van der Waals surface area contributed by atoms with Gasteiger partial charge >= 0.3 is 6.09 Å². The number of cyclic esters (lactones) is 1. The van der Waals surface area contributed by atoms with Crippen molar-refractivity contribution in [2.45, 2.75) is 24.4 Å². The molecule has 1 atom stereocenters. The van der Waals surface area contributed by atoms with E-state index in [1.807, 2.05) is 24.3 Å². The molecule has 2 fully saturated rings. The van der Waals surface area contributed by atoms with Crippen LogP contribution in [0.1, 0.15) is 28.8 Å². The Balaban J connectivity index is 1.37. The summed E-state index contributed by atoms with van der Waals surface area (Å²) in [6, 6.07) is 11.4. The molecule has 1 aromatic heterocycles. The van der Waals surface area contributed by atoms with Crippen molar-refractivity contribution in [1.29, 1.82) is 5.26 Å². The lowest BCUT2D eigenvalue weighted by Crippen LogP contribution is -2.34. The van der Waals surface area contributed by atoms with Crippen molar-refractivity contribution >= 4 is 17.7 Å². The number of carbonyl (C=O) groups is 2. The second-order valence-corrected chi connectivity index (χ2v) is 6.58. The van der Waals surface area contributed by atoms with E-state index in [0.29, 0.717) is 12.1 Å². The van der Waals surface area contributed by atoms with Crippen LogP contribution in [0.2, 0.25) is 0 Å². The summed E-state index contributed by atoms with van der Waals surface area (Å²) >= 11 is 0. The van der Waals surface area contributed by atoms with E-state index in [2.05, 4.69) is 11.4 Å². The van der Waals surface area contributed by atoms with Gasteiger partial charge in [-0.2, -0.15) is 5.26 Å². The molecule has 0 spiro atoms. The fraction of sp³-hybridized carbons (Fsp3) is 0.316. The van der Waals surface area contributed by atoms with Gasteiger partial charge in [0, 0.05) is 5.69 Å². The van der Waals surface area contributed by atoms with Crippen LogP contribution in [0.4, 0.5) is 10.5 Å². The van der Waals surface area contributed by atoms with Crippen molar-refractivity contribution < 1.29 is 18.7 Å². The Kier molecular flexibility index (Phi) is 3.88. The van der Waals surface area contributed by atoms with Crippen LogP contribution in [-0.2, 0) is 10.2 Å². The minimum Gasteiger partial charge on any atom is -0.472 e. The molecule has 0 bridgehead atoms. The van der Waals surface area contributed by atoms with Gasteiger partial charge in [0.05, 0.1) is 36.4 Å². The van der Waals surface area contributed by atoms with Crippen LogP contribution in [0, 0.1) is 11.3 Å². The molecular weight excluding hydrogens is 334 g/mol. The predicted molar refractivity (Wildman–Crippen MR) is 91.6 cm³/mol. The van der Waals surface area contributed by atoms with E-state index in [4.69, 9.17) is 9.15 Å². The summed E-state index contributed by atoms with van der Waals surface area (Å²) < 4.78 is 10.2. The molecule has 1 N–H and O–H groups in total. The highest BCUT2D eigenvalue weighted by molar-refractivity contribution is 5.94. The van der Waals surface area contributed by atoms with Gasteiger partial charge in [-0.3, -0.25) is 9.69 Å². The van der Waals surface area contributed by atoms with Gasteiger partial charge in [-0.25, -0.2) is 4.79 Å². The van der Waals surface area contributed by atoms with Crippen molar-refractivity contribution in [1.82, 2.24) is 5.32 Å². The summed E-state index contributed by atoms with van der Waals surface area (Å²) in [6.45, 7) is 0.578. The van der Waals surface area contributed by atoms with E-state index in [1.54, 1.807) is 6.07 Å². The van der Waals surface area contributed by atoms with Gasteiger partial charge in [0.1, 0.15) is 12.4 Å². The van der Waals surface area contributed by atoms with E-state index >= 15 is 0 Å². The zero-order valence-corrected chi connectivity index (χ0v) is 14.0. The van der Waals surface area contributed by atoms with Crippen molar-refractivity contribution in [3.8, 4) is 6.07 Å². The van der Waals surface area contributed by atoms with Gasteiger partial charge in [-0.15, -0.1) is 0 Å². The largest absolute Gasteiger partial charge is 0.472 e. The van der Waals surface area contributed by atoms with Crippen molar-refractivity contribution in [3.05, 3.63) is 54.0 Å². The summed E-state index contributed by atoms with van der Waals surface area (Å²) in [4.78, 5) is 25.6. The number of nitrogens with zero attached hydrogens (tertiary/aromatic N) is 2. The van der Waals surface area contributed by atoms with Gasteiger partial charge in [0.15, 0.2) is 0 Å². The summed E-state index contributed by atoms with van der Waals surface area (Å²) in [7, 11) is 0. The Morgan fingerprint density at radius 1 is 1.31 bits per heavy atom. The number of furan rings is 1. The van der Waals surface area contributed by atoms with Crippen LogP contribution < -0.4 is 10.2 Å². The number of rotatable bonds is 5. The molecule has 7 nitrogen and oxygen atoms in total. The molecule has 1 aromatic carbocycles. The van der Waals surface area contributed by atoms with E-state index in [1.165, 1.54) is 17.4 Å². The van der Waals surface area contributed by atoms with E-state index in [0.717, 1.165) is 24.1 Å². The van der Waals surface area contributed by atoms with Crippen molar-refractivity contribution in [2.24, 2.45) is 0 Å². The molecule has 26 heavy (non-hydrogen) atoms. The third-order valence-corrected chi connectivity index (χ3v) is 4.84. The Labute approximate surface area is 150 Å². The van der Waals surface area contributed by atoms with Gasteiger partial charge in [0.25, 0.3) is 5.91 Å². The highest BCUT2D eigenvalue weighted by atomic mass is 16.6. The van der Waals surface area contributed by atoms with E-state index in [9.17, 15) is 14.9 Å². The lowest BCUT2D eigenvalue weighted by Gasteiger charge is -2.14. The van der Waals surface area contributed by atoms with Crippen LogP contribution >= 0.6 is 0 Å². The van der Waals surface area contributed by atoms with Gasteiger partial charge < -0.3 is 14.5 Å². The maximum atomic E-state index is 12.1. The van der Waals surface area contributed by atoms with Crippen LogP contribution in [0.5, 0.6) is 0 Å². The molecule has 7 heteroatoms. The number of benzene rings is 1. The third-order valence-electron chi connectivity index (χ3n) is 4.84. The SMILES string of the molecule is N#CC1(c2ccc(N3CC(CNC(=O)c4ccoc4)OC3=O)cc2)CC1. The summed E-state index contributed by atoms with van der Waals surface area (Å²) in [6.07, 6.45) is 3.68. The van der Waals surface area contributed by atoms with Crippen molar-refractivity contribution in [3.63, 3.8) is 0 Å². The first-order valence-electron chi connectivity index (χ1n) is 8.42. The van der Waals surface area contributed by atoms with Crippen LogP contribution in [0.3, 0.4) is 0 Å². The fourth-order valence-electron chi connectivity index (χ4n) is 3.09. The molecule has 2 aromatic rings. The average Bonchev–Trinajstić information content (AvgIpc) is 3.09. The Morgan fingerprint density at radius 2 is 2.08 bits per heavy atom. The second-order valence-electron chi connectivity index (χ2n) is 6.58. The Hall–Kier alpha value is -3.27. The molecule has 2 heterocycles. The average molecular weight is 351 g/mol. The topological polar surface area (TPSA) is 95.6 Å². The number of ether oxygens (including phenoxy) is 1. The number of anilines is 1. The van der Waals surface area contributed by atoms with Gasteiger partial charge in [0.2, 0.25) is 0 Å². The molecule has 132 valence electrons. The molecular formula is C19H17N3O4. The van der Waals surface area contributed by atoms with E-state index in [-0.39, 0.29) is 17.9 Å². The fourth-order valence-corrected chi connectivity index (χ4v) is 3.09. The minimum atomic E-state index is -0.443. The molecule has 1 saturated heterocycles. The zero-order valence-electron chi connectivity index (χ0n) is 14.0. The summed E-state index contributed by atoms with van der Waals surface area (Å²) in [5.41, 5.74) is 1.79. The van der Waals surface area contributed by atoms with Crippen LogP contribution in [-0.4, -0.2) is 31.2 Å². The molecule has 1 unspecified atom stereocenters. The number of nitriles is 1. The maximum Gasteiger partial charge on any atom is 0.414 e. The third kappa shape index (κ3) is 2.90. The number of carbonyl (C=O) groups excluding carboxylic acids is 2. The minimum absolute atomic E-state index is 0.224. The van der Waals surface area contributed by atoms with Gasteiger partial charge in [-0.1, -0.05) is 12.1 Å². The summed E-state index contributed by atoms with van der Waals surface area (Å²) in [5, 5.41) is 12.0. The highest BCUT2D eigenvalue weighted by Gasteiger charge is 2.45. The molecule has 0 radical (unpaired) electrons. The number of amides is 2. The lowest BCUT2D eigenvalue weighted by molar-refractivity contribution is 0.0915. The normalized spacial score (nSPS) is 20.3. The number of hydrogen-bond donors (Lipinski definition) is 1. The maximum absolute atomic E-state index is 12.1.